The van der Waals surface area contributed by atoms with Gasteiger partial charge in [-0.15, -0.1) is 0 Å². The van der Waals surface area contributed by atoms with Crippen molar-refractivity contribution in [3.8, 4) is 0 Å². The molecule has 2 rings (SSSR count). The molecule has 0 aliphatic heterocycles. The highest BCUT2D eigenvalue weighted by Crippen LogP contribution is 2.16. The molecule has 0 spiro atoms. The van der Waals surface area contributed by atoms with Gasteiger partial charge in [0.1, 0.15) is 0 Å². The molecule has 0 fully saturated rings. The predicted molar refractivity (Wildman–Crippen MR) is 68.0 cm³/mol. The minimum Gasteiger partial charge on any atom is -0.481 e. The van der Waals surface area contributed by atoms with Crippen LogP contribution in [0.25, 0.3) is 11.0 Å². The van der Waals surface area contributed by atoms with Crippen molar-refractivity contribution in [2.75, 3.05) is 5.75 Å². The van der Waals surface area contributed by atoms with Gasteiger partial charge in [-0.1, -0.05) is 11.8 Å². The van der Waals surface area contributed by atoms with Crippen molar-refractivity contribution in [1.82, 2.24) is 15.0 Å². The smallest absolute Gasteiger partial charge is 0.313 e. The summed E-state index contributed by atoms with van der Waals surface area (Å²) >= 11 is 0.963. The fourth-order valence-electron chi connectivity index (χ4n) is 1.66. The molecule has 6 nitrogen and oxygen atoms in total. The Morgan fingerprint density at radius 2 is 2.17 bits per heavy atom. The maximum absolute atomic E-state index is 11.9. The van der Waals surface area contributed by atoms with Crippen LogP contribution < -0.4 is 5.56 Å². The molecule has 0 saturated heterocycles. The summed E-state index contributed by atoms with van der Waals surface area (Å²) in [6.45, 7) is 3.64. The average molecular weight is 265 g/mol. The van der Waals surface area contributed by atoms with E-state index in [0.29, 0.717) is 11.0 Å². The van der Waals surface area contributed by atoms with Crippen molar-refractivity contribution < 1.29 is 9.90 Å². The molecule has 2 aromatic rings. The second kappa shape index (κ2) is 4.77. The third-order valence-electron chi connectivity index (χ3n) is 2.31. The van der Waals surface area contributed by atoms with E-state index in [0.717, 1.165) is 23.0 Å². The van der Waals surface area contributed by atoms with Crippen LogP contribution >= 0.6 is 11.8 Å². The maximum atomic E-state index is 11.9. The van der Waals surface area contributed by atoms with E-state index in [2.05, 4.69) is 15.0 Å². The number of aromatic amines is 1. The molecular weight excluding hydrogens is 254 g/mol. The molecule has 0 bridgehead atoms. The third-order valence-corrected chi connectivity index (χ3v) is 3.17. The van der Waals surface area contributed by atoms with Gasteiger partial charge in [-0.2, -0.15) is 0 Å². The first-order chi connectivity index (χ1) is 8.47. The van der Waals surface area contributed by atoms with E-state index in [1.54, 1.807) is 0 Å². The topological polar surface area (TPSA) is 95.9 Å². The number of aryl methyl sites for hydroxylation is 2. The van der Waals surface area contributed by atoms with E-state index in [1.807, 2.05) is 19.9 Å². The highest BCUT2D eigenvalue weighted by Gasteiger charge is 2.10. The number of thioether (sulfide) groups is 1. The number of pyridine rings is 1. The molecule has 0 aliphatic rings. The Morgan fingerprint density at radius 3 is 2.83 bits per heavy atom. The number of fused-ring (bicyclic) bond motifs is 1. The van der Waals surface area contributed by atoms with Gasteiger partial charge in [-0.25, -0.2) is 9.97 Å². The van der Waals surface area contributed by atoms with Crippen LogP contribution in [-0.4, -0.2) is 31.8 Å². The van der Waals surface area contributed by atoms with Crippen LogP contribution in [0.3, 0.4) is 0 Å². The zero-order valence-corrected chi connectivity index (χ0v) is 10.7. The van der Waals surface area contributed by atoms with Crippen LogP contribution in [0, 0.1) is 13.8 Å². The monoisotopic (exact) mass is 265 g/mol. The SMILES string of the molecule is Cc1cc(C)c2c(=O)[nH]c(SCC(=O)O)nc2n1. The molecule has 0 saturated carbocycles. The first-order valence-electron chi connectivity index (χ1n) is 5.20. The lowest BCUT2D eigenvalue weighted by atomic mass is 10.2. The Bertz CT molecular complexity index is 681. The average Bonchev–Trinajstić information content (AvgIpc) is 2.24. The van der Waals surface area contributed by atoms with Crippen LogP contribution in [0.4, 0.5) is 0 Å². The maximum Gasteiger partial charge on any atom is 0.313 e. The lowest BCUT2D eigenvalue weighted by Crippen LogP contribution is -2.12. The molecule has 2 heterocycles. The molecular formula is C11H11N3O3S. The van der Waals surface area contributed by atoms with E-state index in [9.17, 15) is 9.59 Å². The Hall–Kier alpha value is -1.89. The second-order valence-electron chi connectivity index (χ2n) is 3.83. The minimum atomic E-state index is -0.962. The van der Waals surface area contributed by atoms with Crippen molar-refractivity contribution in [1.29, 1.82) is 0 Å². The molecule has 0 amide bonds. The highest BCUT2D eigenvalue weighted by molar-refractivity contribution is 7.99. The minimum absolute atomic E-state index is 0.154. The summed E-state index contributed by atoms with van der Waals surface area (Å²) in [4.78, 5) is 33.3. The van der Waals surface area contributed by atoms with Crippen LogP contribution in [-0.2, 0) is 4.79 Å². The second-order valence-corrected chi connectivity index (χ2v) is 4.80. The van der Waals surface area contributed by atoms with Gasteiger partial charge < -0.3 is 10.1 Å². The van der Waals surface area contributed by atoms with Gasteiger partial charge in [0.15, 0.2) is 10.8 Å². The summed E-state index contributed by atoms with van der Waals surface area (Å²) in [6, 6.07) is 1.81. The van der Waals surface area contributed by atoms with Gasteiger partial charge in [0.25, 0.3) is 5.56 Å². The number of carboxylic acid groups (broad SMARTS) is 1. The first kappa shape index (κ1) is 12.6. The van der Waals surface area contributed by atoms with E-state index >= 15 is 0 Å². The number of aliphatic carboxylic acids is 1. The molecule has 7 heteroatoms. The number of H-pyrrole nitrogens is 1. The molecule has 0 atom stereocenters. The summed E-state index contributed by atoms with van der Waals surface area (Å²) in [6.07, 6.45) is 0. The van der Waals surface area contributed by atoms with E-state index in [1.165, 1.54) is 0 Å². The molecule has 0 radical (unpaired) electrons. The molecule has 2 aromatic heterocycles. The number of carboxylic acids is 1. The Balaban J connectivity index is 2.55. The Morgan fingerprint density at radius 1 is 1.44 bits per heavy atom. The van der Waals surface area contributed by atoms with Crippen molar-refractivity contribution in [2.45, 2.75) is 19.0 Å². The quantitative estimate of drug-likeness (QED) is 0.637. The summed E-state index contributed by atoms with van der Waals surface area (Å²) < 4.78 is 0. The summed E-state index contributed by atoms with van der Waals surface area (Å²) in [7, 11) is 0. The van der Waals surface area contributed by atoms with Crippen LogP contribution in [0.5, 0.6) is 0 Å². The molecule has 94 valence electrons. The zero-order chi connectivity index (χ0) is 13.3. The fraction of sp³-hybridized carbons (Fsp3) is 0.273. The van der Waals surface area contributed by atoms with E-state index in [-0.39, 0.29) is 16.5 Å². The summed E-state index contributed by atoms with van der Waals surface area (Å²) in [5.74, 6) is -1.12. The van der Waals surface area contributed by atoms with Gasteiger partial charge in [0.05, 0.1) is 11.1 Å². The Labute approximate surface area is 106 Å². The van der Waals surface area contributed by atoms with Crippen LogP contribution in [0.1, 0.15) is 11.3 Å². The van der Waals surface area contributed by atoms with Gasteiger partial charge in [-0.05, 0) is 25.5 Å². The third kappa shape index (κ3) is 2.51. The lowest BCUT2D eigenvalue weighted by molar-refractivity contribution is -0.133. The van der Waals surface area contributed by atoms with Crippen molar-refractivity contribution in [3.63, 3.8) is 0 Å². The number of hydrogen-bond acceptors (Lipinski definition) is 5. The first-order valence-corrected chi connectivity index (χ1v) is 6.19. The molecule has 0 aromatic carbocycles. The Kier molecular flexibility index (Phi) is 3.33. The molecule has 0 unspecified atom stereocenters. The predicted octanol–water partition coefficient (Wildman–Crippen LogP) is 1.11. The van der Waals surface area contributed by atoms with Crippen molar-refractivity contribution in [2.24, 2.45) is 0 Å². The van der Waals surface area contributed by atoms with Gasteiger partial charge in [0, 0.05) is 5.69 Å². The summed E-state index contributed by atoms with van der Waals surface area (Å²) in [5, 5.41) is 9.30. The van der Waals surface area contributed by atoms with Gasteiger partial charge in [0.2, 0.25) is 0 Å². The van der Waals surface area contributed by atoms with Gasteiger partial charge in [-0.3, -0.25) is 9.59 Å². The van der Waals surface area contributed by atoms with Crippen molar-refractivity contribution in [3.05, 3.63) is 27.7 Å². The van der Waals surface area contributed by atoms with Crippen LogP contribution in [0.15, 0.2) is 16.0 Å². The normalized spacial score (nSPS) is 10.8. The number of carbonyl (C=O) groups is 1. The molecule has 0 aliphatic carbocycles. The molecule has 18 heavy (non-hydrogen) atoms. The molecule has 2 N–H and O–H groups in total. The zero-order valence-electron chi connectivity index (χ0n) is 9.85. The lowest BCUT2D eigenvalue weighted by Gasteiger charge is -2.04. The van der Waals surface area contributed by atoms with E-state index < -0.39 is 5.97 Å². The van der Waals surface area contributed by atoms with Gasteiger partial charge >= 0.3 is 5.97 Å². The van der Waals surface area contributed by atoms with Crippen LogP contribution in [0.2, 0.25) is 0 Å². The number of aromatic nitrogens is 3. The number of hydrogen-bond donors (Lipinski definition) is 2. The standard InChI is InChI=1S/C11H11N3O3S/c1-5-3-6(2)12-9-8(5)10(17)14-11(13-9)18-4-7(15)16/h3H,4H2,1-2H3,(H,15,16)(H,12,13,14,17). The number of nitrogens with one attached hydrogen (secondary N) is 1. The fourth-order valence-corrected chi connectivity index (χ4v) is 2.24. The van der Waals surface area contributed by atoms with Crippen molar-refractivity contribution >= 4 is 28.8 Å². The largest absolute Gasteiger partial charge is 0.481 e. The number of rotatable bonds is 3. The number of nitrogens with zero attached hydrogens (tertiary/aromatic N) is 2. The highest BCUT2D eigenvalue weighted by atomic mass is 32.2. The van der Waals surface area contributed by atoms with E-state index in [4.69, 9.17) is 5.11 Å². The summed E-state index contributed by atoms with van der Waals surface area (Å²) in [5.41, 5.74) is 1.63.